The van der Waals surface area contributed by atoms with E-state index in [9.17, 15) is 29.4 Å². The van der Waals surface area contributed by atoms with Gasteiger partial charge in [-0.2, -0.15) is 0 Å². The van der Waals surface area contributed by atoms with E-state index in [-0.39, 0.29) is 49.2 Å². The highest BCUT2D eigenvalue weighted by atomic mass is 28.4. The molecule has 0 heterocycles. The summed E-state index contributed by atoms with van der Waals surface area (Å²) >= 11 is 0. The fraction of sp³-hybridized carbons (Fsp3) is 0.483. The lowest BCUT2D eigenvalue weighted by Gasteiger charge is -2.43. The average Bonchev–Trinajstić information content (AvgIpc) is 1.06. The van der Waals surface area contributed by atoms with Gasteiger partial charge in [-0.15, -0.1) is 0 Å². The van der Waals surface area contributed by atoms with Crippen LogP contribution < -0.4 is 42.5 Å². The van der Waals surface area contributed by atoms with Gasteiger partial charge in [0, 0.05) is 5.92 Å². The van der Waals surface area contributed by atoms with Crippen LogP contribution in [0, 0.1) is 23.7 Å². The van der Waals surface area contributed by atoms with Crippen LogP contribution in [-0.2, 0) is 67.3 Å². The minimum Gasteiger partial charge on any atom is -0.480 e. The van der Waals surface area contributed by atoms with Crippen LogP contribution in [0.5, 0.6) is 0 Å². The van der Waals surface area contributed by atoms with Crippen molar-refractivity contribution in [3.63, 3.8) is 0 Å². The number of amides is 8. The molecule has 1 aliphatic carbocycles. The van der Waals surface area contributed by atoms with Crippen LogP contribution in [-0.4, -0.2) is 157 Å². The Morgan fingerprint density at radius 3 is 1.30 bits per heavy atom. The molecule has 0 fully saturated rings. The van der Waals surface area contributed by atoms with Crippen molar-refractivity contribution >= 4 is 67.9 Å². The van der Waals surface area contributed by atoms with E-state index in [1.165, 1.54) is 12.1 Å². The zero-order valence-corrected chi connectivity index (χ0v) is 70.9. The van der Waals surface area contributed by atoms with Crippen molar-refractivity contribution in [1.29, 1.82) is 0 Å². The lowest BCUT2D eigenvalue weighted by atomic mass is 9.76. The van der Waals surface area contributed by atoms with Crippen molar-refractivity contribution in [2.75, 3.05) is 13.2 Å². The Balaban J connectivity index is 1.39. The third-order valence-corrected chi connectivity index (χ3v) is 24.6. The lowest BCUT2D eigenvalue weighted by Crippen LogP contribution is -2.64. The topological polar surface area (TPSA) is 354 Å². The standard InChI is InChI=1S/C89H120N8O17Si/c1-53(2)48-66(90-76(99)67(49-54(3)4)93-85(109)113-87(12,13)14)77(100)94-72(80(103)95-71(79(102)91-68(82(105)106)50-55(5)6)74(56(7)8)114-115(18,19)88(15,16)17)75(57-36-24-20-25-37-57)112-83(107)69(52-111-86(9,10)11)92-78(101)70(96-84(108)110-51-65-63-46-34-32-44-61(63)62-45-33-35-47-64(62)65)73(98)81(104)97-89(58-38-26-21-27-39-58,59-40-28-22-29-41-59)60-42-30-23-31-43-60/h20-47,53-56,65-75,98H,48-52H2,1-19H3,(H,90,99)(H,91,102)(H,92,101)(H,93,109)(H,94,100)(H,95,103)(H,96,108)(H,97,104)(H,105,106)/t66-,67+,68-,69-,70-,71-,72-,73-,74+,75+/m0/s1. The lowest BCUT2D eigenvalue weighted by molar-refractivity contribution is -0.161. The van der Waals surface area contributed by atoms with Crippen LogP contribution in [0.2, 0.25) is 18.1 Å². The highest BCUT2D eigenvalue weighted by Gasteiger charge is 2.49. The van der Waals surface area contributed by atoms with Gasteiger partial charge in [0.25, 0.3) is 5.91 Å². The van der Waals surface area contributed by atoms with Gasteiger partial charge in [0.05, 0.1) is 18.3 Å². The molecule has 0 saturated carbocycles. The largest absolute Gasteiger partial charge is 0.480 e. The molecule has 6 aromatic rings. The number of carboxylic acid groups (broad SMARTS) is 1. The molecule has 1 aliphatic rings. The van der Waals surface area contributed by atoms with Crippen LogP contribution in [0.15, 0.2) is 170 Å². The maximum Gasteiger partial charge on any atom is 0.408 e. The second kappa shape index (κ2) is 40.3. The molecule has 0 spiro atoms. The SMILES string of the molecule is CC(C)C[C@H](NC(=O)[C@@H](NC(=O)[C@@H](NC(=O)[C@H](CC(C)C)NC(=O)[C@@H](CC(C)C)NC(=O)OC(C)(C)C)[C@H](OC(=O)[C@H](COC(C)(C)C)NC(=O)[C@@H](NC(=O)OCC1c2ccccc2-c2ccccc21)[C@H](O)C(=O)NC(c1ccccc1)(c1ccccc1)c1ccccc1)c1ccccc1)[C@H](O[Si](C)(C)C(C)(C)C)C(C)C)C(=O)O. The molecule has 0 unspecified atom stereocenters. The molecule has 0 aliphatic heterocycles. The predicted molar refractivity (Wildman–Crippen MR) is 442 cm³/mol. The van der Waals surface area contributed by atoms with E-state index in [4.69, 9.17) is 23.4 Å². The number of carboxylic acids is 1. The van der Waals surface area contributed by atoms with Crippen molar-refractivity contribution in [3.05, 3.63) is 203 Å². The van der Waals surface area contributed by atoms with Crippen molar-refractivity contribution in [2.45, 2.75) is 238 Å². The number of rotatable bonds is 37. The number of alkyl carbamates (subject to hydrolysis) is 2. The number of hydrogen-bond donors (Lipinski definition) is 10. The smallest absolute Gasteiger partial charge is 0.408 e. The number of carbonyl (C=O) groups excluding carboxylic acids is 9. The molecular formula is C89H120N8O17Si. The van der Waals surface area contributed by atoms with Gasteiger partial charge in [0.1, 0.15) is 54.0 Å². The van der Waals surface area contributed by atoms with Gasteiger partial charge in [-0.3, -0.25) is 28.8 Å². The Hall–Kier alpha value is -10.3. The molecule has 115 heavy (non-hydrogen) atoms. The fourth-order valence-corrected chi connectivity index (χ4v) is 14.9. The van der Waals surface area contributed by atoms with Crippen LogP contribution in [0.1, 0.15) is 182 Å². The summed E-state index contributed by atoms with van der Waals surface area (Å²) in [4.78, 5) is 151. The molecule has 8 amide bonds. The van der Waals surface area contributed by atoms with Crippen LogP contribution in [0.4, 0.5) is 9.59 Å². The second-order valence-corrected chi connectivity index (χ2v) is 39.3. The number of aliphatic carboxylic acids is 1. The summed E-state index contributed by atoms with van der Waals surface area (Å²) in [6, 6.07) is 37.2. The summed E-state index contributed by atoms with van der Waals surface area (Å²) in [5.41, 5.74) is 1.53. The van der Waals surface area contributed by atoms with Crippen molar-refractivity contribution in [3.8, 4) is 11.1 Å². The first-order valence-corrected chi connectivity index (χ1v) is 42.4. The van der Waals surface area contributed by atoms with E-state index in [0.717, 1.165) is 22.3 Å². The second-order valence-electron chi connectivity index (χ2n) is 34.6. The molecule has 6 aromatic carbocycles. The van der Waals surface area contributed by atoms with Gasteiger partial charge in [0.2, 0.25) is 29.5 Å². The minimum absolute atomic E-state index is 0.0251. The molecule has 0 bridgehead atoms. The summed E-state index contributed by atoms with van der Waals surface area (Å²) < 4.78 is 31.4. The highest BCUT2D eigenvalue weighted by Crippen LogP contribution is 2.45. The van der Waals surface area contributed by atoms with E-state index in [0.29, 0.717) is 16.7 Å². The number of benzene rings is 6. The Morgan fingerprint density at radius 1 is 0.443 bits per heavy atom. The molecule has 0 radical (unpaired) electrons. The summed E-state index contributed by atoms with van der Waals surface area (Å²) in [6.45, 7) is 33.0. The van der Waals surface area contributed by atoms with E-state index in [1.54, 1.807) is 192 Å². The van der Waals surface area contributed by atoms with E-state index < -0.39 is 169 Å². The normalized spacial score (nSPS) is 15.2. The van der Waals surface area contributed by atoms with Crippen LogP contribution in [0.3, 0.4) is 0 Å². The Bertz CT molecular complexity index is 4140. The number of fused-ring (bicyclic) bond motifs is 3. The van der Waals surface area contributed by atoms with E-state index in [2.05, 4.69) is 42.5 Å². The Labute approximate surface area is 678 Å². The zero-order chi connectivity index (χ0) is 85.1. The van der Waals surface area contributed by atoms with Gasteiger partial charge in [-0.25, -0.2) is 19.2 Å². The quantitative estimate of drug-likeness (QED) is 0.00749. The molecule has 0 aromatic heterocycles. The van der Waals surface area contributed by atoms with Crippen molar-refractivity contribution in [1.82, 2.24) is 42.5 Å². The number of esters is 1. The molecule has 0 saturated heterocycles. The summed E-state index contributed by atoms with van der Waals surface area (Å²) in [5.74, 6) is -11.1. The average molecular weight is 1600 g/mol. The number of ether oxygens (including phenoxy) is 4. The Morgan fingerprint density at radius 2 is 0.852 bits per heavy atom. The van der Waals surface area contributed by atoms with E-state index in [1.807, 2.05) is 96.2 Å². The zero-order valence-electron chi connectivity index (χ0n) is 69.9. The molecule has 622 valence electrons. The maximum atomic E-state index is 16.4. The first kappa shape index (κ1) is 91.9. The number of carbonyl (C=O) groups is 10. The number of hydrogen-bond acceptors (Lipinski definition) is 16. The molecular weight excluding hydrogens is 1480 g/mol. The first-order chi connectivity index (χ1) is 53.9. The van der Waals surface area contributed by atoms with Gasteiger partial charge in [-0.1, -0.05) is 246 Å². The van der Waals surface area contributed by atoms with Crippen molar-refractivity contribution in [2.24, 2.45) is 23.7 Å². The van der Waals surface area contributed by atoms with Crippen molar-refractivity contribution < 1.29 is 81.5 Å². The number of aliphatic hydroxyl groups is 1. The number of aliphatic hydroxyl groups excluding tert-OH is 1. The van der Waals surface area contributed by atoms with E-state index >= 15 is 28.8 Å². The first-order valence-electron chi connectivity index (χ1n) is 39.5. The van der Waals surface area contributed by atoms with Crippen LogP contribution in [0.25, 0.3) is 11.1 Å². The number of nitrogens with one attached hydrogen (secondary N) is 8. The van der Waals surface area contributed by atoms with Crippen LogP contribution >= 0.6 is 0 Å². The predicted octanol–water partition coefficient (Wildman–Crippen LogP) is 12.0. The summed E-state index contributed by atoms with van der Waals surface area (Å²) in [6.07, 6.45) is -7.90. The monoisotopic (exact) mass is 1600 g/mol. The molecule has 10 atom stereocenters. The Kier molecular flexibility index (Phi) is 32.2. The molecule has 25 nitrogen and oxygen atoms in total. The maximum absolute atomic E-state index is 16.4. The minimum atomic E-state index is -2.96. The third kappa shape index (κ3) is 25.6. The molecule has 26 heteroatoms. The van der Waals surface area contributed by atoms with Gasteiger partial charge >= 0.3 is 24.1 Å². The molecule has 7 rings (SSSR count). The summed E-state index contributed by atoms with van der Waals surface area (Å²) in [5, 5.41) is 44.8. The highest BCUT2D eigenvalue weighted by molar-refractivity contribution is 6.74. The van der Waals surface area contributed by atoms with Gasteiger partial charge in [-0.05, 0) is 147 Å². The fourth-order valence-electron chi connectivity index (χ4n) is 13.4. The molecule has 10 N–H and O–H groups in total. The van der Waals surface area contributed by atoms with Gasteiger partial charge < -0.3 is 76.1 Å². The van der Waals surface area contributed by atoms with Gasteiger partial charge in [0.15, 0.2) is 26.6 Å². The third-order valence-electron chi connectivity index (χ3n) is 20.1. The summed E-state index contributed by atoms with van der Waals surface area (Å²) in [7, 11) is -2.96.